The summed E-state index contributed by atoms with van der Waals surface area (Å²) < 4.78 is 5.79. The van der Waals surface area contributed by atoms with Gasteiger partial charge in [0.1, 0.15) is 29.8 Å². The number of thioether (sulfide) groups is 1. The van der Waals surface area contributed by atoms with Crippen LogP contribution in [0.4, 0.5) is 0 Å². The molecule has 32 heavy (non-hydrogen) atoms. The van der Waals surface area contributed by atoms with Crippen molar-refractivity contribution in [2.75, 3.05) is 6.61 Å². The van der Waals surface area contributed by atoms with Crippen molar-refractivity contribution in [1.82, 2.24) is 4.90 Å². The van der Waals surface area contributed by atoms with Crippen LogP contribution in [0.15, 0.2) is 35.2 Å². The predicted octanol–water partition coefficient (Wildman–Crippen LogP) is 3.50. The van der Waals surface area contributed by atoms with Gasteiger partial charge < -0.3 is 20.1 Å². The number of nitrogens with zero attached hydrogens (tertiary/aromatic N) is 1. The van der Waals surface area contributed by atoms with E-state index < -0.39 is 48.2 Å². The molecule has 2 aromatic carbocycles. The molecule has 0 aromatic heterocycles. The highest BCUT2D eigenvalue weighted by Crippen LogP contribution is 2.47. The van der Waals surface area contributed by atoms with E-state index >= 15 is 0 Å². The summed E-state index contributed by atoms with van der Waals surface area (Å²) >= 11 is 25.6. The molecular weight excluding hydrogens is 524 g/mol. The van der Waals surface area contributed by atoms with Crippen LogP contribution in [0.3, 0.4) is 0 Å². The smallest absolute Gasteiger partial charge is 0.263 e. The Morgan fingerprint density at radius 3 is 1.91 bits per heavy atom. The monoisotopic (exact) mass is 537 g/mol. The maximum atomic E-state index is 13.3. The van der Waals surface area contributed by atoms with E-state index in [2.05, 4.69) is 0 Å². The molecule has 1 fully saturated rings. The summed E-state index contributed by atoms with van der Waals surface area (Å²) in [6, 6.07) is 7.56. The zero-order valence-corrected chi connectivity index (χ0v) is 19.8. The quantitative estimate of drug-likeness (QED) is 0.310. The number of benzene rings is 2. The summed E-state index contributed by atoms with van der Waals surface area (Å²) in [6.07, 6.45) is -4.33. The van der Waals surface area contributed by atoms with E-state index in [1.54, 1.807) is 30.3 Å². The minimum absolute atomic E-state index is 0.184. The molecule has 2 aliphatic heterocycles. The zero-order valence-electron chi connectivity index (χ0n) is 15.9. The van der Waals surface area contributed by atoms with Crippen molar-refractivity contribution in [3.05, 3.63) is 61.5 Å². The van der Waals surface area contributed by atoms with Gasteiger partial charge in [0.15, 0.2) is 0 Å². The maximum Gasteiger partial charge on any atom is 0.263 e. The highest BCUT2D eigenvalue weighted by atomic mass is 35.5. The largest absolute Gasteiger partial charge is 0.394 e. The summed E-state index contributed by atoms with van der Waals surface area (Å²) in [5.41, 5.74) is -1.52. The second-order valence-electron chi connectivity index (χ2n) is 7.11. The highest BCUT2D eigenvalue weighted by molar-refractivity contribution is 7.99. The molecule has 2 amide bonds. The van der Waals surface area contributed by atoms with Crippen LogP contribution in [-0.2, 0) is 4.74 Å². The second-order valence-corrected chi connectivity index (χ2v) is 9.80. The third-order valence-electron chi connectivity index (χ3n) is 5.27. The van der Waals surface area contributed by atoms with Crippen LogP contribution in [0.2, 0.25) is 20.1 Å². The lowest BCUT2D eigenvalue weighted by atomic mass is 9.97. The number of ether oxygens (including phenoxy) is 1. The number of carbonyl (C=O) groups excluding carboxylic acids is 2. The molecule has 170 valence electrons. The zero-order chi connectivity index (χ0) is 23.3. The van der Waals surface area contributed by atoms with E-state index in [4.69, 9.17) is 51.1 Å². The van der Waals surface area contributed by atoms with Crippen LogP contribution >= 0.6 is 58.2 Å². The maximum absolute atomic E-state index is 13.3. The Labute approximate surface area is 206 Å². The summed E-state index contributed by atoms with van der Waals surface area (Å²) in [7, 11) is 0. The lowest BCUT2D eigenvalue weighted by Crippen LogP contribution is -2.64. The topological polar surface area (TPSA) is 107 Å². The molecule has 1 saturated heterocycles. The summed E-state index contributed by atoms with van der Waals surface area (Å²) in [5, 5.41) is 30.1. The Kier molecular flexibility index (Phi) is 6.99. The molecule has 0 aliphatic carbocycles. The van der Waals surface area contributed by atoms with Gasteiger partial charge in [0.25, 0.3) is 11.8 Å². The molecule has 0 bridgehead atoms. The molecule has 12 heteroatoms. The van der Waals surface area contributed by atoms with Crippen LogP contribution in [0.1, 0.15) is 20.7 Å². The molecule has 2 heterocycles. The van der Waals surface area contributed by atoms with E-state index in [1.807, 2.05) is 0 Å². The van der Waals surface area contributed by atoms with Gasteiger partial charge in [-0.15, -0.1) is 0 Å². The molecule has 0 saturated carbocycles. The Balaban J connectivity index is 1.79. The molecule has 7 nitrogen and oxygen atoms in total. The Bertz CT molecular complexity index is 1040. The third kappa shape index (κ3) is 3.81. The number of hydrogen-bond donors (Lipinski definition) is 3. The molecule has 2 aromatic rings. The Morgan fingerprint density at radius 1 is 0.875 bits per heavy atom. The fraction of sp³-hybridized carbons (Fsp3) is 0.300. The lowest BCUT2D eigenvalue weighted by Gasteiger charge is -2.44. The summed E-state index contributed by atoms with van der Waals surface area (Å²) in [4.78, 5) is 28.1. The fourth-order valence-electron chi connectivity index (χ4n) is 3.71. The normalized spacial score (nSPS) is 27.7. The summed E-state index contributed by atoms with van der Waals surface area (Å²) in [5.74, 6) is -1.73. The minimum Gasteiger partial charge on any atom is -0.394 e. The Morgan fingerprint density at radius 2 is 1.41 bits per heavy atom. The SMILES string of the molecule is O=C1c2c(Cl)c(Cl)c(Cl)c(Cl)c2C(=O)N1[C@@H]1[C@@H](O)[C@H](O)[C@@H](CO)O[C@H]1Sc1ccccc1. The van der Waals surface area contributed by atoms with Gasteiger partial charge in [-0.1, -0.05) is 76.4 Å². The van der Waals surface area contributed by atoms with Crippen LogP contribution in [0.5, 0.6) is 0 Å². The first-order valence-electron chi connectivity index (χ1n) is 9.27. The Hall–Kier alpha value is -1.07. The van der Waals surface area contributed by atoms with E-state index in [-0.39, 0.29) is 31.2 Å². The van der Waals surface area contributed by atoms with Gasteiger partial charge in [-0.2, -0.15) is 0 Å². The molecule has 5 atom stereocenters. The van der Waals surface area contributed by atoms with Crippen molar-refractivity contribution < 1.29 is 29.6 Å². The van der Waals surface area contributed by atoms with Gasteiger partial charge >= 0.3 is 0 Å². The van der Waals surface area contributed by atoms with Crippen molar-refractivity contribution in [3.8, 4) is 0 Å². The minimum atomic E-state index is -1.63. The molecule has 3 N–H and O–H groups in total. The third-order valence-corrected chi connectivity index (χ3v) is 8.24. The molecular formula is C20H15Cl4NO6S. The fourth-order valence-corrected chi connectivity index (χ4v) is 5.93. The number of fused-ring (bicyclic) bond motifs is 1. The molecule has 0 radical (unpaired) electrons. The number of amides is 2. The number of hydrogen-bond acceptors (Lipinski definition) is 7. The first-order valence-corrected chi connectivity index (χ1v) is 11.7. The molecule has 0 unspecified atom stereocenters. The van der Waals surface area contributed by atoms with Crippen LogP contribution in [0.25, 0.3) is 0 Å². The standard InChI is InChI=1S/C20H15Cl4NO6S/c21-11-9-10(12(22)14(24)13(11)23)19(30)25(18(9)29)15-17(28)16(27)8(6-26)31-20(15)32-7-4-2-1-3-5-7/h1-5,8,15-17,20,26-28H,6H2/t8-,15-,16-,17-,20+/m1/s1. The highest BCUT2D eigenvalue weighted by Gasteiger charge is 2.54. The first kappa shape index (κ1) is 24.1. The van der Waals surface area contributed by atoms with Crippen molar-refractivity contribution in [2.45, 2.75) is 34.7 Å². The van der Waals surface area contributed by atoms with Crippen LogP contribution in [0, 0.1) is 0 Å². The number of halogens is 4. The van der Waals surface area contributed by atoms with Crippen molar-refractivity contribution in [3.63, 3.8) is 0 Å². The van der Waals surface area contributed by atoms with Gasteiger partial charge in [0.05, 0.1) is 37.8 Å². The van der Waals surface area contributed by atoms with E-state index in [0.29, 0.717) is 4.90 Å². The van der Waals surface area contributed by atoms with Gasteiger partial charge in [0, 0.05) is 4.90 Å². The van der Waals surface area contributed by atoms with Crippen molar-refractivity contribution in [1.29, 1.82) is 0 Å². The number of carbonyl (C=O) groups is 2. The molecule has 4 rings (SSSR count). The van der Waals surface area contributed by atoms with E-state index in [1.165, 1.54) is 0 Å². The van der Waals surface area contributed by atoms with Crippen molar-refractivity contribution in [2.24, 2.45) is 0 Å². The summed E-state index contributed by atoms with van der Waals surface area (Å²) in [6.45, 7) is -0.582. The van der Waals surface area contributed by atoms with E-state index in [9.17, 15) is 24.9 Å². The van der Waals surface area contributed by atoms with Gasteiger partial charge in [-0.25, -0.2) is 0 Å². The van der Waals surface area contributed by atoms with Crippen LogP contribution < -0.4 is 0 Å². The van der Waals surface area contributed by atoms with Crippen molar-refractivity contribution >= 4 is 70.0 Å². The van der Waals surface area contributed by atoms with Gasteiger partial charge in [-0.05, 0) is 12.1 Å². The lowest BCUT2D eigenvalue weighted by molar-refractivity contribution is -0.181. The van der Waals surface area contributed by atoms with Gasteiger partial charge in [-0.3, -0.25) is 14.5 Å². The average molecular weight is 539 g/mol. The first-order chi connectivity index (χ1) is 15.2. The van der Waals surface area contributed by atoms with Gasteiger partial charge in [0.2, 0.25) is 0 Å². The average Bonchev–Trinajstić information content (AvgIpc) is 3.04. The van der Waals surface area contributed by atoms with Crippen LogP contribution in [-0.4, -0.2) is 68.4 Å². The molecule has 0 spiro atoms. The molecule has 2 aliphatic rings. The predicted molar refractivity (Wildman–Crippen MR) is 121 cm³/mol. The second kappa shape index (κ2) is 9.29. The number of imide groups is 1. The number of aliphatic hydroxyl groups excluding tert-OH is 3. The number of aliphatic hydroxyl groups is 3. The number of rotatable bonds is 4. The van der Waals surface area contributed by atoms with E-state index in [0.717, 1.165) is 16.7 Å².